The molecule has 0 saturated carbocycles. The topological polar surface area (TPSA) is 49.3 Å². The Morgan fingerprint density at radius 2 is 2.17 bits per heavy atom. The summed E-state index contributed by atoms with van der Waals surface area (Å²) in [5.74, 6) is 1.63. The molecule has 4 heteroatoms. The molecule has 1 heterocycles. The van der Waals surface area contributed by atoms with Crippen LogP contribution in [0.15, 0.2) is 0 Å². The van der Waals surface area contributed by atoms with E-state index in [2.05, 4.69) is 5.32 Å². The predicted molar refractivity (Wildman–Crippen MR) is 50.6 cm³/mol. The Kier molecular flexibility index (Phi) is 4.18. The molecule has 0 bridgehead atoms. The van der Waals surface area contributed by atoms with Gasteiger partial charge in [0.05, 0.1) is 6.61 Å². The van der Waals surface area contributed by atoms with Crippen LogP contribution in [-0.2, 0) is 10.8 Å². The van der Waals surface area contributed by atoms with Crippen molar-refractivity contribution in [2.75, 3.05) is 18.1 Å². The zero-order chi connectivity index (χ0) is 8.97. The molecular weight excluding hydrogens is 174 g/mol. The highest BCUT2D eigenvalue weighted by atomic mass is 32.2. The van der Waals surface area contributed by atoms with Gasteiger partial charge in [0, 0.05) is 34.4 Å². The summed E-state index contributed by atoms with van der Waals surface area (Å²) in [7, 11) is -0.580. The number of nitrogens with one attached hydrogen (secondary N) is 1. The average molecular weight is 191 g/mol. The van der Waals surface area contributed by atoms with Gasteiger partial charge in [0.25, 0.3) is 0 Å². The second kappa shape index (κ2) is 4.94. The lowest BCUT2D eigenvalue weighted by Crippen LogP contribution is -2.42. The van der Waals surface area contributed by atoms with Crippen LogP contribution in [0, 0.1) is 0 Å². The minimum atomic E-state index is -0.580. The van der Waals surface area contributed by atoms with Crippen LogP contribution in [0.2, 0.25) is 0 Å². The van der Waals surface area contributed by atoms with E-state index in [0.29, 0.717) is 6.04 Å². The van der Waals surface area contributed by atoms with Crippen LogP contribution in [0.25, 0.3) is 0 Å². The Morgan fingerprint density at radius 3 is 2.67 bits per heavy atom. The van der Waals surface area contributed by atoms with E-state index in [9.17, 15) is 4.21 Å². The maximum atomic E-state index is 11.0. The number of aliphatic hydroxyl groups excluding tert-OH is 1. The van der Waals surface area contributed by atoms with Gasteiger partial charge in [-0.25, -0.2) is 0 Å². The third-order valence-corrected chi connectivity index (χ3v) is 3.56. The zero-order valence-corrected chi connectivity index (χ0v) is 8.27. The van der Waals surface area contributed by atoms with E-state index >= 15 is 0 Å². The summed E-state index contributed by atoms with van der Waals surface area (Å²) >= 11 is 0. The lowest BCUT2D eigenvalue weighted by atomic mass is 10.1. The van der Waals surface area contributed by atoms with Gasteiger partial charge in [-0.1, -0.05) is 0 Å². The van der Waals surface area contributed by atoms with Crippen LogP contribution in [0.1, 0.15) is 19.8 Å². The van der Waals surface area contributed by atoms with Crippen LogP contribution >= 0.6 is 0 Å². The van der Waals surface area contributed by atoms with Gasteiger partial charge in [-0.3, -0.25) is 4.21 Å². The Labute approximate surface area is 76.0 Å². The second-order valence-electron chi connectivity index (χ2n) is 3.37. The Balaban J connectivity index is 2.21. The third kappa shape index (κ3) is 3.21. The molecule has 72 valence electrons. The molecule has 3 nitrogen and oxygen atoms in total. The van der Waals surface area contributed by atoms with Gasteiger partial charge in [0.15, 0.2) is 0 Å². The first-order valence-corrected chi connectivity index (χ1v) is 5.93. The molecule has 0 aliphatic carbocycles. The van der Waals surface area contributed by atoms with Gasteiger partial charge in [-0.2, -0.15) is 0 Å². The van der Waals surface area contributed by atoms with Crippen molar-refractivity contribution in [1.29, 1.82) is 0 Å². The molecule has 1 rings (SSSR count). The molecule has 0 aromatic carbocycles. The van der Waals surface area contributed by atoms with Gasteiger partial charge in [-0.05, 0) is 19.8 Å². The van der Waals surface area contributed by atoms with E-state index in [-0.39, 0.29) is 12.6 Å². The quantitative estimate of drug-likeness (QED) is 0.653. The molecule has 1 aliphatic rings. The summed E-state index contributed by atoms with van der Waals surface area (Å²) in [5.41, 5.74) is 0. The predicted octanol–water partition coefficient (Wildman–Crippen LogP) is -0.132. The highest BCUT2D eigenvalue weighted by Crippen LogP contribution is 2.09. The molecule has 12 heavy (non-hydrogen) atoms. The van der Waals surface area contributed by atoms with Crippen molar-refractivity contribution in [1.82, 2.24) is 5.32 Å². The van der Waals surface area contributed by atoms with Crippen molar-refractivity contribution in [2.24, 2.45) is 0 Å². The van der Waals surface area contributed by atoms with Crippen molar-refractivity contribution < 1.29 is 9.32 Å². The first-order valence-electron chi connectivity index (χ1n) is 4.44. The summed E-state index contributed by atoms with van der Waals surface area (Å²) in [6.07, 6.45) is 1.97. The van der Waals surface area contributed by atoms with E-state index in [4.69, 9.17) is 5.11 Å². The number of rotatable bonds is 3. The summed E-state index contributed by atoms with van der Waals surface area (Å²) in [6.45, 7) is 2.14. The fourth-order valence-electron chi connectivity index (χ4n) is 1.42. The highest BCUT2D eigenvalue weighted by Gasteiger charge is 2.18. The SMILES string of the molecule is CC(CO)NC1CCS(=O)CC1. The minimum absolute atomic E-state index is 0.168. The van der Waals surface area contributed by atoms with Crippen LogP contribution < -0.4 is 5.32 Å². The summed E-state index contributed by atoms with van der Waals surface area (Å²) in [5, 5.41) is 12.1. The monoisotopic (exact) mass is 191 g/mol. The molecule has 0 aromatic rings. The third-order valence-electron chi connectivity index (χ3n) is 2.18. The van der Waals surface area contributed by atoms with E-state index in [1.807, 2.05) is 6.92 Å². The Hall–Kier alpha value is 0.0700. The number of hydrogen-bond acceptors (Lipinski definition) is 3. The summed E-state index contributed by atoms with van der Waals surface area (Å²) in [6, 6.07) is 0.631. The molecule has 0 spiro atoms. The molecule has 1 fully saturated rings. The minimum Gasteiger partial charge on any atom is -0.395 e. The maximum absolute atomic E-state index is 11.0. The zero-order valence-electron chi connectivity index (χ0n) is 7.45. The fourth-order valence-corrected chi connectivity index (χ4v) is 2.71. The lowest BCUT2D eigenvalue weighted by Gasteiger charge is -2.25. The fraction of sp³-hybridized carbons (Fsp3) is 1.00. The normalized spacial score (nSPS) is 33.2. The molecule has 0 radical (unpaired) electrons. The van der Waals surface area contributed by atoms with Gasteiger partial charge >= 0.3 is 0 Å². The summed E-state index contributed by atoms with van der Waals surface area (Å²) in [4.78, 5) is 0. The van der Waals surface area contributed by atoms with Crippen LogP contribution in [0.3, 0.4) is 0 Å². The Bertz CT molecular complexity index is 153. The van der Waals surface area contributed by atoms with Gasteiger partial charge in [0.2, 0.25) is 0 Å². The number of aliphatic hydroxyl groups is 1. The average Bonchev–Trinajstić information content (AvgIpc) is 2.09. The van der Waals surface area contributed by atoms with Gasteiger partial charge < -0.3 is 10.4 Å². The molecule has 1 atom stereocenters. The van der Waals surface area contributed by atoms with Gasteiger partial charge in [-0.15, -0.1) is 0 Å². The van der Waals surface area contributed by atoms with Crippen LogP contribution in [0.4, 0.5) is 0 Å². The largest absolute Gasteiger partial charge is 0.395 e. The smallest absolute Gasteiger partial charge is 0.0582 e. The molecule has 1 aliphatic heterocycles. The maximum Gasteiger partial charge on any atom is 0.0582 e. The van der Waals surface area contributed by atoms with Crippen molar-refractivity contribution in [2.45, 2.75) is 31.8 Å². The molecule has 1 unspecified atom stereocenters. The van der Waals surface area contributed by atoms with E-state index < -0.39 is 10.8 Å². The molecule has 0 amide bonds. The first kappa shape index (κ1) is 10.2. The van der Waals surface area contributed by atoms with Crippen molar-refractivity contribution in [3.63, 3.8) is 0 Å². The molecule has 2 N–H and O–H groups in total. The van der Waals surface area contributed by atoms with Crippen molar-refractivity contribution in [3.05, 3.63) is 0 Å². The summed E-state index contributed by atoms with van der Waals surface area (Å²) < 4.78 is 11.0. The van der Waals surface area contributed by atoms with Crippen molar-refractivity contribution >= 4 is 10.8 Å². The molecule has 0 aromatic heterocycles. The van der Waals surface area contributed by atoms with E-state index in [1.165, 1.54) is 0 Å². The number of hydrogen-bond donors (Lipinski definition) is 2. The van der Waals surface area contributed by atoms with E-state index in [0.717, 1.165) is 24.3 Å². The second-order valence-corrected chi connectivity index (χ2v) is 5.07. The lowest BCUT2D eigenvalue weighted by molar-refractivity contribution is 0.237. The van der Waals surface area contributed by atoms with Gasteiger partial charge in [0.1, 0.15) is 0 Å². The van der Waals surface area contributed by atoms with Crippen LogP contribution in [-0.4, -0.2) is 39.5 Å². The highest BCUT2D eigenvalue weighted by molar-refractivity contribution is 7.85. The van der Waals surface area contributed by atoms with E-state index in [1.54, 1.807) is 0 Å². The first-order chi connectivity index (χ1) is 5.72. The van der Waals surface area contributed by atoms with Crippen molar-refractivity contribution in [3.8, 4) is 0 Å². The molecular formula is C8H17NO2S. The molecule has 1 saturated heterocycles. The van der Waals surface area contributed by atoms with Crippen LogP contribution in [0.5, 0.6) is 0 Å². The Morgan fingerprint density at radius 1 is 1.58 bits per heavy atom. The standard InChI is InChI=1S/C8H17NO2S/c1-7(6-10)9-8-2-4-12(11)5-3-8/h7-10H,2-6H2,1H3.